The van der Waals surface area contributed by atoms with Crippen LogP contribution in [0.3, 0.4) is 0 Å². The van der Waals surface area contributed by atoms with Gasteiger partial charge in [0.1, 0.15) is 6.29 Å². The van der Waals surface area contributed by atoms with Gasteiger partial charge in [0, 0.05) is 0 Å². The third-order valence-electron chi connectivity index (χ3n) is 3.06. The molecule has 1 rings (SSSR count). The van der Waals surface area contributed by atoms with E-state index in [1.807, 2.05) is 6.08 Å². The Kier molecular flexibility index (Phi) is 4.88. The first-order valence-corrected chi connectivity index (χ1v) is 5.54. The van der Waals surface area contributed by atoms with Gasteiger partial charge in [-0.15, -0.1) is 0 Å². The summed E-state index contributed by atoms with van der Waals surface area (Å²) in [6, 6.07) is 0. The molecule has 0 saturated heterocycles. The van der Waals surface area contributed by atoms with Crippen molar-refractivity contribution in [3.05, 3.63) is 11.6 Å². The number of allylic oxidation sites excluding steroid dienone is 1. The van der Waals surface area contributed by atoms with Gasteiger partial charge in [-0.05, 0) is 37.7 Å². The number of carbonyl (C=O) groups excluding carboxylic acids is 1. The van der Waals surface area contributed by atoms with Gasteiger partial charge in [-0.3, -0.25) is 4.79 Å². The zero-order valence-electron chi connectivity index (χ0n) is 8.91. The Morgan fingerprint density at radius 2 is 2.07 bits per heavy atom. The van der Waals surface area contributed by atoms with Gasteiger partial charge in [-0.1, -0.05) is 25.3 Å². The van der Waals surface area contributed by atoms with E-state index >= 15 is 0 Å². The lowest BCUT2D eigenvalue weighted by Gasteiger charge is -2.25. The van der Waals surface area contributed by atoms with Gasteiger partial charge >= 0.3 is 0 Å². The van der Waals surface area contributed by atoms with Crippen molar-refractivity contribution < 1.29 is 9.90 Å². The molecular weight excluding hydrogens is 176 g/mol. The van der Waals surface area contributed by atoms with Crippen molar-refractivity contribution in [1.29, 1.82) is 0 Å². The molecule has 14 heavy (non-hydrogen) atoms. The van der Waals surface area contributed by atoms with Crippen LogP contribution in [0.1, 0.15) is 45.4 Å². The average Bonchev–Trinajstić information content (AvgIpc) is 2.26. The smallest absolute Gasteiger partial charge is 0.145 e. The molecule has 0 aromatic rings. The van der Waals surface area contributed by atoms with Crippen molar-refractivity contribution in [1.82, 2.24) is 0 Å². The number of aldehydes is 1. The lowest BCUT2D eigenvalue weighted by atomic mass is 9.84. The summed E-state index contributed by atoms with van der Waals surface area (Å²) in [6.45, 7) is 1.78. The first-order valence-electron chi connectivity index (χ1n) is 5.54. The highest BCUT2D eigenvalue weighted by Gasteiger charge is 2.20. The molecule has 0 aliphatic heterocycles. The van der Waals surface area contributed by atoms with E-state index in [2.05, 4.69) is 0 Å². The minimum Gasteiger partial charge on any atom is -0.393 e. The van der Waals surface area contributed by atoms with Crippen molar-refractivity contribution in [2.24, 2.45) is 5.92 Å². The molecule has 1 saturated carbocycles. The van der Waals surface area contributed by atoms with Crippen LogP contribution in [-0.2, 0) is 4.79 Å². The molecule has 0 radical (unpaired) electrons. The van der Waals surface area contributed by atoms with Gasteiger partial charge in [-0.25, -0.2) is 0 Å². The summed E-state index contributed by atoms with van der Waals surface area (Å²) in [6.07, 6.45) is 9.17. The van der Waals surface area contributed by atoms with Crippen molar-refractivity contribution in [2.75, 3.05) is 0 Å². The third-order valence-corrected chi connectivity index (χ3v) is 3.06. The van der Waals surface area contributed by atoms with Crippen LogP contribution in [0.5, 0.6) is 0 Å². The second kappa shape index (κ2) is 5.97. The maximum atomic E-state index is 10.3. The molecule has 0 bridgehead atoms. The Bertz CT molecular complexity index is 202. The Balaban J connectivity index is 2.32. The molecule has 0 amide bonds. The monoisotopic (exact) mass is 196 g/mol. The van der Waals surface area contributed by atoms with Crippen LogP contribution in [0.2, 0.25) is 0 Å². The van der Waals surface area contributed by atoms with Crippen LogP contribution >= 0.6 is 0 Å². The molecule has 80 valence electrons. The second-order valence-corrected chi connectivity index (χ2v) is 4.27. The molecule has 0 spiro atoms. The number of hydrogen-bond acceptors (Lipinski definition) is 2. The van der Waals surface area contributed by atoms with E-state index in [0.29, 0.717) is 12.3 Å². The van der Waals surface area contributed by atoms with Crippen LogP contribution in [0.15, 0.2) is 11.6 Å². The van der Waals surface area contributed by atoms with Crippen LogP contribution in [0, 0.1) is 5.92 Å². The standard InChI is InChI=1S/C12H20O2/c1-10(9-13)7-8-12(14)11-5-3-2-4-6-11/h7,9,11-12,14H,2-6,8H2,1H3/b10-7+/t12-/m1/s1. The van der Waals surface area contributed by atoms with E-state index in [1.54, 1.807) is 6.92 Å². The molecule has 1 fully saturated rings. The average molecular weight is 196 g/mol. The molecule has 0 aromatic carbocycles. The van der Waals surface area contributed by atoms with Crippen LogP contribution in [0.4, 0.5) is 0 Å². The van der Waals surface area contributed by atoms with E-state index in [-0.39, 0.29) is 6.10 Å². The van der Waals surface area contributed by atoms with Gasteiger partial charge < -0.3 is 5.11 Å². The quantitative estimate of drug-likeness (QED) is 0.554. The maximum absolute atomic E-state index is 10.3. The predicted molar refractivity (Wildman–Crippen MR) is 57.0 cm³/mol. The molecule has 0 unspecified atom stereocenters. The highest BCUT2D eigenvalue weighted by molar-refractivity contribution is 5.71. The van der Waals surface area contributed by atoms with Gasteiger partial charge in [0.25, 0.3) is 0 Å². The number of hydrogen-bond donors (Lipinski definition) is 1. The lowest BCUT2D eigenvalue weighted by molar-refractivity contribution is -0.104. The molecule has 0 aromatic heterocycles. The normalized spacial score (nSPS) is 22.0. The fourth-order valence-electron chi connectivity index (χ4n) is 2.07. The highest BCUT2D eigenvalue weighted by Crippen LogP contribution is 2.27. The Labute approximate surface area is 86.0 Å². The number of aliphatic hydroxyl groups excluding tert-OH is 1. The summed E-state index contributed by atoms with van der Waals surface area (Å²) < 4.78 is 0. The van der Waals surface area contributed by atoms with Crippen LogP contribution < -0.4 is 0 Å². The predicted octanol–water partition coefficient (Wildman–Crippen LogP) is 2.46. The molecule has 1 aliphatic rings. The van der Waals surface area contributed by atoms with Crippen LogP contribution in [-0.4, -0.2) is 17.5 Å². The van der Waals surface area contributed by atoms with Gasteiger partial charge in [0.15, 0.2) is 0 Å². The fourth-order valence-corrected chi connectivity index (χ4v) is 2.07. The Morgan fingerprint density at radius 3 is 2.64 bits per heavy atom. The first kappa shape index (κ1) is 11.4. The summed E-state index contributed by atoms with van der Waals surface area (Å²) in [4.78, 5) is 10.3. The molecule has 1 aliphatic carbocycles. The topological polar surface area (TPSA) is 37.3 Å². The van der Waals surface area contributed by atoms with E-state index in [0.717, 1.165) is 24.7 Å². The molecular formula is C12H20O2. The van der Waals surface area contributed by atoms with E-state index in [9.17, 15) is 9.90 Å². The molecule has 2 heteroatoms. The van der Waals surface area contributed by atoms with Crippen molar-refractivity contribution in [2.45, 2.75) is 51.6 Å². The van der Waals surface area contributed by atoms with Gasteiger partial charge in [-0.2, -0.15) is 0 Å². The number of aliphatic hydroxyl groups is 1. The number of carbonyl (C=O) groups is 1. The summed E-state index contributed by atoms with van der Waals surface area (Å²) >= 11 is 0. The molecule has 0 heterocycles. The van der Waals surface area contributed by atoms with Gasteiger partial charge in [0.05, 0.1) is 6.10 Å². The van der Waals surface area contributed by atoms with E-state index in [1.165, 1.54) is 19.3 Å². The van der Waals surface area contributed by atoms with Crippen molar-refractivity contribution in [3.63, 3.8) is 0 Å². The lowest BCUT2D eigenvalue weighted by Crippen LogP contribution is -2.22. The largest absolute Gasteiger partial charge is 0.393 e. The summed E-state index contributed by atoms with van der Waals surface area (Å²) in [5.74, 6) is 0.458. The second-order valence-electron chi connectivity index (χ2n) is 4.27. The minimum atomic E-state index is -0.245. The SMILES string of the molecule is C/C(C=O)=C\C[C@@H](O)C1CCCCC1. The number of rotatable bonds is 4. The van der Waals surface area contributed by atoms with Crippen molar-refractivity contribution in [3.8, 4) is 0 Å². The van der Waals surface area contributed by atoms with E-state index < -0.39 is 0 Å². The van der Waals surface area contributed by atoms with Crippen LogP contribution in [0.25, 0.3) is 0 Å². The Morgan fingerprint density at radius 1 is 1.43 bits per heavy atom. The third kappa shape index (κ3) is 3.62. The maximum Gasteiger partial charge on any atom is 0.145 e. The summed E-state index contributed by atoms with van der Waals surface area (Å²) in [7, 11) is 0. The highest BCUT2D eigenvalue weighted by atomic mass is 16.3. The summed E-state index contributed by atoms with van der Waals surface area (Å²) in [5.41, 5.74) is 0.722. The molecule has 2 nitrogen and oxygen atoms in total. The zero-order chi connectivity index (χ0) is 10.4. The molecule has 1 N–H and O–H groups in total. The zero-order valence-corrected chi connectivity index (χ0v) is 8.91. The first-order chi connectivity index (χ1) is 6.74. The minimum absolute atomic E-state index is 0.245. The van der Waals surface area contributed by atoms with Crippen molar-refractivity contribution >= 4 is 6.29 Å². The van der Waals surface area contributed by atoms with E-state index in [4.69, 9.17) is 0 Å². The Hall–Kier alpha value is -0.630. The molecule has 1 atom stereocenters. The van der Waals surface area contributed by atoms with Gasteiger partial charge in [0.2, 0.25) is 0 Å². The summed E-state index contributed by atoms with van der Waals surface area (Å²) in [5, 5.41) is 9.86. The fraction of sp³-hybridized carbons (Fsp3) is 0.750.